The highest BCUT2D eigenvalue weighted by molar-refractivity contribution is 5.76. The number of aromatic nitrogens is 1. The summed E-state index contributed by atoms with van der Waals surface area (Å²) in [5.74, 6) is 1.83. The van der Waals surface area contributed by atoms with Gasteiger partial charge in [-0.25, -0.2) is 0 Å². The summed E-state index contributed by atoms with van der Waals surface area (Å²) in [6.07, 6.45) is 11.5. The Kier molecular flexibility index (Phi) is 10.8. The number of unbranched alkanes of at least 4 members (excludes halogenated alkanes) is 6. The fourth-order valence-corrected chi connectivity index (χ4v) is 3.94. The zero-order valence-electron chi connectivity index (χ0n) is 21.1. The van der Waals surface area contributed by atoms with Crippen LogP contribution in [0.15, 0.2) is 66.9 Å². The zero-order chi connectivity index (χ0) is 24.0. The van der Waals surface area contributed by atoms with E-state index in [9.17, 15) is 0 Å². The van der Waals surface area contributed by atoms with Crippen molar-refractivity contribution in [2.24, 2.45) is 0 Å². The zero-order valence-corrected chi connectivity index (χ0v) is 21.1. The van der Waals surface area contributed by atoms with Crippen molar-refractivity contribution in [3.63, 3.8) is 0 Å². The second-order valence-corrected chi connectivity index (χ2v) is 8.80. The monoisotopic (exact) mass is 460 g/mol. The Balaban J connectivity index is 1.72. The van der Waals surface area contributed by atoms with E-state index in [1.807, 2.05) is 19.2 Å². The maximum Gasteiger partial charge on any atom is 0.119 e. The summed E-state index contributed by atoms with van der Waals surface area (Å²) in [6, 6.07) is 20.9. The number of pyridine rings is 1. The summed E-state index contributed by atoms with van der Waals surface area (Å²) in [4.78, 5) is 6.62. The number of rotatable bonds is 15. The highest BCUT2D eigenvalue weighted by Crippen LogP contribution is 2.36. The van der Waals surface area contributed by atoms with Crippen LogP contribution in [-0.2, 0) is 0 Å². The van der Waals surface area contributed by atoms with Gasteiger partial charge < -0.3 is 14.4 Å². The van der Waals surface area contributed by atoms with Gasteiger partial charge in [0, 0.05) is 29.0 Å². The van der Waals surface area contributed by atoms with Gasteiger partial charge in [-0.15, -0.1) is 0 Å². The lowest BCUT2D eigenvalue weighted by Gasteiger charge is -2.26. The molecular weight excluding hydrogens is 420 g/mol. The maximum atomic E-state index is 5.95. The van der Waals surface area contributed by atoms with Crippen molar-refractivity contribution in [1.82, 2.24) is 4.98 Å². The Bertz CT molecular complexity index is 897. The second kappa shape index (κ2) is 14.3. The quantitative estimate of drug-likeness (QED) is 0.212. The van der Waals surface area contributed by atoms with Crippen LogP contribution >= 0.6 is 0 Å². The van der Waals surface area contributed by atoms with Crippen LogP contribution in [0.2, 0.25) is 0 Å². The Hall–Kier alpha value is -3.01. The normalized spacial score (nSPS) is 10.8. The van der Waals surface area contributed by atoms with Gasteiger partial charge in [-0.3, -0.25) is 4.98 Å². The minimum atomic E-state index is 0.770. The van der Waals surface area contributed by atoms with Gasteiger partial charge in [0.2, 0.25) is 0 Å². The summed E-state index contributed by atoms with van der Waals surface area (Å²) >= 11 is 0. The molecule has 4 nitrogen and oxygen atoms in total. The molecule has 1 aromatic heterocycles. The molecular formula is C30H40N2O2. The standard InChI is InChI=1S/C30H40N2O2/c1-4-6-8-10-22-33-29-16-12-26(13-17-29)32(28-20-21-31-25(3)24-28)27-14-18-30(19-15-27)34-23-11-9-7-5-2/h12-21,24H,4-11,22-23H2,1-3H3. The van der Waals surface area contributed by atoms with E-state index in [4.69, 9.17) is 9.47 Å². The van der Waals surface area contributed by atoms with Crippen molar-refractivity contribution in [3.8, 4) is 11.5 Å². The summed E-state index contributed by atoms with van der Waals surface area (Å²) in [5.41, 5.74) is 4.23. The molecule has 0 aliphatic rings. The predicted molar refractivity (Wildman–Crippen MR) is 143 cm³/mol. The molecule has 1 heterocycles. The number of benzene rings is 2. The van der Waals surface area contributed by atoms with Gasteiger partial charge in [0.15, 0.2) is 0 Å². The lowest BCUT2D eigenvalue weighted by atomic mass is 10.2. The van der Waals surface area contributed by atoms with Gasteiger partial charge in [0.1, 0.15) is 11.5 Å². The highest BCUT2D eigenvalue weighted by Gasteiger charge is 2.13. The lowest BCUT2D eigenvalue weighted by Crippen LogP contribution is -2.10. The van der Waals surface area contributed by atoms with Gasteiger partial charge in [-0.1, -0.05) is 52.4 Å². The second-order valence-electron chi connectivity index (χ2n) is 8.80. The van der Waals surface area contributed by atoms with Crippen molar-refractivity contribution in [2.75, 3.05) is 18.1 Å². The van der Waals surface area contributed by atoms with Crippen LogP contribution in [0.1, 0.15) is 70.9 Å². The van der Waals surface area contributed by atoms with Crippen LogP contribution in [0.4, 0.5) is 17.1 Å². The maximum absolute atomic E-state index is 5.95. The number of hydrogen-bond acceptors (Lipinski definition) is 4. The summed E-state index contributed by atoms with van der Waals surface area (Å²) < 4.78 is 11.9. The molecule has 0 spiro atoms. The molecule has 3 rings (SSSR count). The van der Waals surface area contributed by atoms with E-state index in [0.717, 1.165) is 60.3 Å². The smallest absolute Gasteiger partial charge is 0.119 e. The van der Waals surface area contributed by atoms with Crippen molar-refractivity contribution in [2.45, 2.75) is 72.1 Å². The average Bonchev–Trinajstić information content (AvgIpc) is 2.86. The number of anilines is 3. The Morgan fingerprint density at radius 3 is 1.56 bits per heavy atom. The van der Waals surface area contributed by atoms with E-state index >= 15 is 0 Å². The third-order valence-corrected chi connectivity index (χ3v) is 5.86. The molecule has 2 aromatic carbocycles. The Labute approximate surface area is 205 Å². The largest absolute Gasteiger partial charge is 0.494 e. The highest BCUT2D eigenvalue weighted by atomic mass is 16.5. The van der Waals surface area contributed by atoms with Gasteiger partial charge in [-0.2, -0.15) is 0 Å². The Morgan fingerprint density at radius 1 is 0.618 bits per heavy atom. The molecule has 0 saturated heterocycles. The first-order valence-corrected chi connectivity index (χ1v) is 12.9. The molecule has 0 N–H and O–H groups in total. The fourth-order valence-electron chi connectivity index (χ4n) is 3.94. The third kappa shape index (κ3) is 8.09. The van der Waals surface area contributed by atoms with Crippen LogP contribution in [0.25, 0.3) is 0 Å². The van der Waals surface area contributed by atoms with E-state index in [-0.39, 0.29) is 0 Å². The molecule has 34 heavy (non-hydrogen) atoms. The average molecular weight is 461 g/mol. The molecule has 0 radical (unpaired) electrons. The minimum absolute atomic E-state index is 0.770. The summed E-state index contributed by atoms with van der Waals surface area (Å²) in [7, 11) is 0. The van der Waals surface area contributed by atoms with E-state index < -0.39 is 0 Å². The van der Waals surface area contributed by atoms with Crippen LogP contribution in [-0.4, -0.2) is 18.2 Å². The van der Waals surface area contributed by atoms with Crippen molar-refractivity contribution in [1.29, 1.82) is 0 Å². The molecule has 4 heteroatoms. The number of ether oxygens (including phenoxy) is 2. The van der Waals surface area contributed by atoms with Gasteiger partial charge in [0.25, 0.3) is 0 Å². The van der Waals surface area contributed by atoms with Crippen molar-refractivity contribution in [3.05, 3.63) is 72.6 Å². The van der Waals surface area contributed by atoms with Gasteiger partial charge in [-0.05, 0) is 80.4 Å². The van der Waals surface area contributed by atoms with Gasteiger partial charge >= 0.3 is 0 Å². The Morgan fingerprint density at radius 2 is 1.12 bits per heavy atom. The predicted octanol–water partition coefficient (Wildman–Crippen LogP) is 8.78. The summed E-state index contributed by atoms with van der Waals surface area (Å²) in [5, 5.41) is 0. The number of aryl methyl sites for hydroxylation is 1. The third-order valence-electron chi connectivity index (χ3n) is 5.86. The SMILES string of the molecule is CCCCCCOc1ccc(N(c2ccc(OCCCCCC)cc2)c2ccnc(C)c2)cc1. The lowest BCUT2D eigenvalue weighted by molar-refractivity contribution is 0.305. The first-order valence-electron chi connectivity index (χ1n) is 12.9. The molecule has 3 aromatic rings. The molecule has 0 aliphatic carbocycles. The van der Waals surface area contributed by atoms with Crippen LogP contribution in [0.5, 0.6) is 11.5 Å². The number of nitrogens with zero attached hydrogens (tertiary/aromatic N) is 2. The van der Waals surface area contributed by atoms with Crippen LogP contribution in [0.3, 0.4) is 0 Å². The van der Waals surface area contributed by atoms with Crippen LogP contribution < -0.4 is 14.4 Å². The molecule has 0 saturated carbocycles. The first kappa shape index (κ1) is 25.6. The molecule has 0 unspecified atom stereocenters. The molecule has 0 fully saturated rings. The van der Waals surface area contributed by atoms with E-state index in [1.165, 1.54) is 38.5 Å². The van der Waals surface area contributed by atoms with Crippen LogP contribution in [0, 0.1) is 6.92 Å². The first-order chi connectivity index (χ1) is 16.7. The number of hydrogen-bond donors (Lipinski definition) is 0. The van der Waals surface area contributed by atoms with E-state index in [1.54, 1.807) is 0 Å². The molecule has 0 atom stereocenters. The molecule has 0 amide bonds. The van der Waals surface area contributed by atoms with E-state index in [0.29, 0.717) is 0 Å². The fraction of sp³-hybridized carbons (Fsp3) is 0.433. The van der Waals surface area contributed by atoms with Gasteiger partial charge in [0.05, 0.1) is 13.2 Å². The van der Waals surface area contributed by atoms with E-state index in [2.05, 4.69) is 78.3 Å². The molecule has 0 bridgehead atoms. The molecule has 182 valence electrons. The topological polar surface area (TPSA) is 34.6 Å². The summed E-state index contributed by atoms with van der Waals surface area (Å²) in [6.45, 7) is 8.02. The minimum Gasteiger partial charge on any atom is -0.494 e. The van der Waals surface area contributed by atoms with Crippen molar-refractivity contribution < 1.29 is 9.47 Å². The van der Waals surface area contributed by atoms with Crippen molar-refractivity contribution >= 4 is 17.1 Å². The molecule has 0 aliphatic heterocycles.